The van der Waals surface area contributed by atoms with Crippen LogP contribution >= 0.6 is 0 Å². The van der Waals surface area contributed by atoms with E-state index in [0.717, 1.165) is 0 Å². The lowest BCUT2D eigenvalue weighted by Gasteiger charge is -2.14. The summed E-state index contributed by atoms with van der Waals surface area (Å²) < 4.78 is 4.86. The molecule has 1 unspecified atom stereocenters. The van der Waals surface area contributed by atoms with Gasteiger partial charge < -0.3 is 15.4 Å². The van der Waals surface area contributed by atoms with Crippen molar-refractivity contribution in [3.05, 3.63) is 35.4 Å². The van der Waals surface area contributed by atoms with Crippen LogP contribution in [0.25, 0.3) is 0 Å². The molecule has 0 bridgehead atoms. The zero-order valence-electron chi connectivity index (χ0n) is 11.3. The number of hydrogen-bond donors (Lipinski definition) is 2. The number of carbonyl (C=O) groups is 1. The van der Waals surface area contributed by atoms with Crippen LogP contribution in [0, 0.1) is 6.92 Å². The fourth-order valence-electron chi connectivity index (χ4n) is 1.57. The Bertz CT molecular complexity index is 363. The van der Waals surface area contributed by atoms with Gasteiger partial charge in [-0.05, 0) is 19.4 Å². The molecule has 4 heteroatoms. The van der Waals surface area contributed by atoms with E-state index in [4.69, 9.17) is 4.74 Å². The summed E-state index contributed by atoms with van der Waals surface area (Å²) in [5, 5.41) is 5.97. The number of amides is 1. The molecule has 0 spiro atoms. The van der Waals surface area contributed by atoms with Crippen molar-refractivity contribution < 1.29 is 9.53 Å². The van der Waals surface area contributed by atoms with Crippen LogP contribution in [0.4, 0.5) is 0 Å². The third-order valence-corrected chi connectivity index (χ3v) is 2.77. The van der Waals surface area contributed by atoms with Crippen molar-refractivity contribution in [2.24, 2.45) is 0 Å². The summed E-state index contributed by atoms with van der Waals surface area (Å²) in [5.41, 5.74) is 2.42. The van der Waals surface area contributed by atoms with Crippen molar-refractivity contribution in [2.45, 2.75) is 19.9 Å². The van der Waals surface area contributed by atoms with E-state index >= 15 is 0 Å². The smallest absolute Gasteiger partial charge is 0.234 e. The second-order valence-corrected chi connectivity index (χ2v) is 4.36. The van der Waals surface area contributed by atoms with Gasteiger partial charge in [-0.25, -0.2) is 0 Å². The summed E-state index contributed by atoms with van der Waals surface area (Å²) in [6, 6.07) is 8.48. The van der Waals surface area contributed by atoms with Crippen LogP contribution in [0.2, 0.25) is 0 Å². The van der Waals surface area contributed by atoms with Crippen LogP contribution in [0.1, 0.15) is 24.1 Å². The molecule has 1 aromatic carbocycles. The number of methoxy groups -OCH3 is 1. The van der Waals surface area contributed by atoms with E-state index < -0.39 is 0 Å². The molecule has 0 aliphatic heterocycles. The first-order valence-corrected chi connectivity index (χ1v) is 6.19. The molecule has 1 rings (SSSR count). The quantitative estimate of drug-likeness (QED) is 0.719. The molecule has 1 aromatic rings. The van der Waals surface area contributed by atoms with E-state index in [1.165, 1.54) is 11.1 Å². The van der Waals surface area contributed by atoms with Crippen molar-refractivity contribution >= 4 is 5.91 Å². The molecule has 0 saturated carbocycles. The highest BCUT2D eigenvalue weighted by Crippen LogP contribution is 2.12. The third-order valence-electron chi connectivity index (χ3n) is 2.77. The van der Waals surface area contributed by atoms with Gasteiger partial charge in [0.15, 0.2) is 0 Å². The molecule has 18 heavy (non-hydrogen) atoms. The van der Waals surface area contributed by atoms with Gasteiger partial charge >= 0.3 is 0 Å². The van der Waals surface area contributed by atoms with Crippen LogP contribution in [0.5, 0.6) is 0 Å². The van der Waals surface area contributed by atoms with Crippen LogP contribution in [0.15, 0.2) is 24.3 Å². The Labute approximate surface area is 109 Å². The van der Waals surface area contributed by atoms with Crippen molar-refractivity contribution in [1.29, 1.82) is 0 Å². The molecular weight excluding hydrogens is 228 g/mol. The first-order chi connectivity index (χ1) is 8.63. The summed E-state index contributed by atoms with van der Waals surface area (Å²) >= 11 is 0. The Hall–Kier alpha value is -1.39. The van der Waals surface area contributed by atoms with Gasteiger partial charge in [0.2, 0.25) is 5.91 Å². The van der Waals surface area contributed by atoms with E-state index in [0.29, 0.717) is 19.7 Å². The van der Waals surface area contributed by atoms with E-state index in [1.807, 2.05) is 6.92 Å². The minimum absolute atomic E-state index is 0.00832. The Morgan fingerprint density at radius 2 is 2.00 bits per heavy atom. The van der Waals surface area contributed by atoms with Gasteiger partial charge in [0.25, 0.3) is 0 Å². The minimum atomic E-state index is -0.00832. The monoisotopic (exact) mass is 250 g/mol. The number of ether oxygens (including phenoxy) is 1. The van der Waals surface area contributed by atoms with Gasteiger partial charge in [0, 0.05) is 19.7 Å². The van der Waals surface area contributed by atoms with E-state index in [2.05, 4.69) is 41.8 Å². The Kier molecular flexibility index (Phi) is 6.39. The second kappa shape index (κ2) is 7.84. The molecule has 0 radical (unpaired) electrons. The highest BCUT2D eigenvalue weighted by Gasteiger charge is 2.06. The Morgan fingerprint density at radius 3 is 2.61 bits per heavy atom. The first kappa shape index (κ1) is 14.7. The SMILES string of the molecule is COCCNC(=O)CNC(C)c1ccc(C)cc1. The Morgan fingerprint density at radius 1 is 1.33 bits per heavy atom. The van der Waals surface area contributed by atoms with E-state index in [1.54, 1.807) is 7.11 Å². The summed E-state index contributed by atoms with van der Waals surface area (Å²) in [4.78, 5) is 11.5. The third kappa shape index (κ3) is 5.29. The van der Waals surface area contributed by atoms with Gasteiger partial charge in [0.1, 0.15) is 0 Å². The number of carbonyl (C=O) groups excluding carboxylic acids is 1. The van der Waals surface area contributed by atoms with E-state index in [-0.39, 0.29) is 11.9 Å². The lowest BCUT2D eigenvalue weighted by molar-refractivity contribution is -0.120. The lowest BCUT2D eigenvalue weighted by atomic mass is 10.1. The summed E-state index contributed by atoms with van der Waals surface area (Å²) in [7, 11) is 1.61. The molecule has 2 N–H and O–H groups in total. The van der Waals surface area contributed by atoms with Gasteiger partial charge in [-0.3, -0.25) is 4.79 Å². The predicted octanol–water partition coefficient (Wildman–Crippen LogP) is 1.41. The van der Waals surface area contributed by atoms with Gasteiger partial charge in [0.05, 0.1) is 13.2 Å². The average molecular weight is 250 g/mol. The maximum atomic E-state index is 11.5. The molecule has 1 amide bonds. The number of nitrogens with one attached hydrogen (secondary N) is 2. The van der Waals surface area contributed by atoms with Gasteiger partial charge in [-0.2, -0.15) is 0 Å². The molecule has 0 aliphatic rings. The highest BCUT2D eigenvalue weighted by atomic mass is 16.5. The predicted molar refractivity (Wildman–Crippen MR) is 72.5 cm³/mol. The highest BCUT2D eigenvalue weighted by molar-refractivity contribution is 5.78. The molecule has 100 valence electrons. The zero-order valence-corrected chi connectivity index (χ0v) is 11.3. The van der Waals surface area contributed by atoms with Crippen molar-refractivity contribution in [2.75, 3.05) is 26.8 Å². The van der Waals surface area contributed by atoms with Crippen molar-refractivity contribution in [3.8, 4) is 0 Å². The van der Waals surface area contributed by atoms with Crippen LogP contribution in [0.3, 0.4) is 0 Å². The standard InChI is InChI=1S/C14H22N2O2/c1-11-4-6-13(7-5-11)12(2)16-10-14(17)15-8-9-18-3/h4-7,12,16H,8-10H2,1-3H3,(H,15,17). The zero-order chi connectivity index (χ0) is 13.4. The van der Waals surface area contributed by atoms with Gasteiger partial charge in [-0.1, -0.05) is 29.8 Å². The van der Waals surface area contributed by atoms with E-state index in [9.17, 15) is 4.79 Å². The van der Waals surface area contributed by atoms with Crippen LogP contribution in [-0.4, -0.2) is 32.7 Å². The fourth-order valence-corrected chi connectivity index (χ4v) is 1.57. The molecule has 0 saturated heterocycles. The number of rotatable bonds is 7. The van der Waals surface area contributed by atoms with Crippen molar-refractivity contribution in [3.63, 3.8) is 0 Å². The summed E-state index contributed by atoms with van der Waals surface area (Å²) in [6.45, 7) is 5.52. The molecular formula is C14H22N2O2. The molecule has 4 nitrogen and oxygen atoms in total. The van der Waals surface area contributed by atoms with Crippen molar-refractivity contribution in [1.82, 2.24) is 10.6 Å². The second-order valence-electron chi connectivity index (χ2n) is 4.36. The number of benzene rings is 1. The Balaban J connectivity index is 2.30. The largest absolute Gasteiger partial charge is 0.383 e. The maximum absolute atomic E-state index is 11.5. The number of aryl methyl sites for hydroxylation is 1. The molecule has 0 heterocycles. The summed E-state index contributed by atoms with van der Waals surface area (Å²) in [5.74, 6) is -0.00832. The van der Waals surface area contributed by atoms with Crippen LogP contribution in [-0.2, 0) is 9.53 Å². The normalized spacial score (nSPS) is 12.2. The van der Waals surface area contributed by atoms with Gasteiger partial charge in [-0.15, -0.1) is 0 Å². The number of hydrogen-bond acceptors (Lipinski definition) is 3. The molecule has 0 aliphatic carbocycles. The fraction of sp³-hybridized carbons (Fsp3) is 0.500. The topological polar surface area (TPSA) is 50.4 Å². The molecule has 0 aromatic heterocycles. The molecule has 0 fully saturated rings. The van der Waals surface area contributed by atoms with Crippen LogP contribution < -0.4 is 10.6 Å². The molecule has 1 atom stereocenters. The summed E-state index contributed by atoms with van der Waals surface area (Å²) in [6.07, 6.45) is 0. The first-order valence-electron chi connectivity index (χ1n) is 6.19. The maximum Gasteiger partial charge on any atom is 0.234 e. The average Bonchev–Trinajstić information content (AvgIpc) is 2.37. The lowest BCUT2D eigenvalue weighted by Crippen LogP contribution is -2.36. The minimum Gasteiger partial charge on any atom is -0.383 e.